The molecule has 4 nitrogen and oxygen atoms in total. The molecule has 0 bridgehead atoms. The van der Waals surface area contributed by atoms with Gasteiger partial charge in [0.05, 0.1) is 17.5 Å². The summed E-state index contributed by atoms with van der Waals surface area (Å²) < 4.78 is 19.1. The molecule has 2 aromatic rings. The fraction of sp³-hybridized carbons (Fsp3) is 0.333. The Balaban J connectivity index is 1.45. The summed E-state index contributed by atoms with van der Waals surface area (Å²) in [6, 6.07) is 8.28. The van der Waals surface area contributed by atoms with Crippen LogP contribution in [0.2, 0.25) is 0 Å². The standard InChI is InChI=1S/C18H18BrFN2O2/c19-15-7-13(3-5-16(15)20)8-17(23)21-9-14-4-6-18(22-10-14)24-11-12-1-2-12/h3-7,10,12H,1-2,8-9,11H2,(H,21,23). The average Bonchev–Trinajstić information content (AvgIpc) is 3.40. The Bertz CT molecular complexity index is 717. The molecule has 6 heteroatoms. The van der Waals surface area contributed by atoms with E-state index >= 15 is 0 Å². The van der Waals surface area contributed by atoms with Crippen molar-refractivity contribution in [2.45, 2.75) is 25.8 Å². The molecule has 1 fully saturated rings. The molecular weight excluding hydrogens is 375 g/mol. The number of nitrogens with zero attached hydrogens (tertiary/aromatic N) is 1. The highest BCUT2D eigenvalue weighted by Crippen LogP contribution is 2.29. The van der Waals surface area contributed by atoms with Crippen molar-refractivity contribution in [2.75, 3.05) is 6.61 Å². The van der Waals surface area contributed by atoms with Crippen molar-refractivity contribution in [3.05, 3.63) is 57.9 Å². The molecule has 1 aromatic carbocycles. The number of ether oxygens (including phenoxy) is 1. The second-order valence-corrected chi connectivity index (χ2v) is 6.82. The van der Waals surface area contributed by atoms with Crippen LogP contribution in [0, 0.1) is 11.7 Å². The minimum atomic E-state index is -0.339. The zero-order chi connectivity index (χ0) is 16.9. The zero-order valence-electron chi connectivity index (χ0n) is 13.1. The van der Waals surface area contributed by atoms with E-state index in [0.717, 1.165) is 17.7 Å². The first-order valence-electron chi connectivity index (χ1n) is 7.88. The Morgan fingerprint density at radius 3 is 2.75 bits per heavy atom. The van der Waals surface area contributed by atoms with Crippen LogP contribution < -0.4 is 10.1 Å². The molecular formula is C18H18BrFN2O2. The van der Waals surface area contributed by atoms with Gasteiger partial charge < -0.3 is 10.1 Å². The number of carbonyl (C=O) groups excluding carboxylic acids is 1. The molecule has 126 valence electrons. The van der Waals surface area contributed by atoms with Gasteiger partial charge in [0.1, 0.15) is 5.82 Å². The molecule has 0 radical (unpaired) electrons. The number of rotatable bonds is 7. The highest BCUT2D eigenvalue weighted by molar-refractivity contribution is 9.10. The normalized spacial score (nSPS) is 13.6. The highest BCUT2D eigenvalue weighted by Gasteiger charge is 2.22. The topological polar surface area (TPSA) is 51.2 Å². The van der Waals surface area contributed by atoms with E-state index in [-0.39, 0.29) is 18.1 Å². The van der Waals surface area contributed by atoms with Crippen molar-refractivity contribution in [1.29, 1.82) is 0 Å². The van der Waals surface area contributed by atoms with Crippen LogP contribution in [0.1, 0.15) is 24.0 Å². The van der Waals surface area contributed by atoms with Gasteiger partial charge in [0, 0.05) is 18.8 Å². The van der Waals surface area contributed by atoms with E-state index in [0.29, 0.717) is 22.8 Å². The average molecular weight is 393 g/mol. The molecule has 0 aliphatic heterocycles. The lowest BCUT2D eigenvalue weighted by atomic mass is 10.1. The minimum absolute atomic E-state index is 0.123. The van der Waals surface area contributed by atoms with E-state index < -0.39 is 0 Å². The number of benzene rings is 1. The molecule has 0 atom stereocenters. The lowest BCUT2D eigenvalue weighted by Gasteiger charge is -2.07. The van der Waals surface area contributed by atoms with Crippen LogP contribution in [0.5, 0.6) is 5.88 Å². The number of aromatic nitrogens is 1. The fourth-order valence-corrected chi connectivity index (χ4v) is 2.61. The van der Waals surface area contributed by atoms with Gasteiger partial charge in [0.25, 0.3) is 0 Å². The summed E-state index contributed by atoms with van der Waals surface area (Å²) in [6.07, 6.45) is 4.40. The van der Waals surface area contributed by atoms with Gasteiger partial charge in [-0.05, 0) is 57.9 Å². The van der Waals surface area contributed by atoms with E-state index in [1.54, 1.807) is 18.3 Å². The summed E-state index contributed by atoms with van der Waals surface area (Å²) in [5.74, 6) is 0.849. The molecule has 1 N–H and O–H groups in total. The molecule has 1 aromatic heterocycles. The Morgan fingerprint density at radius 1 is 1.29 bits per heavy atom. The van der Waals surface area contributed by atoms with Crippen LogP contribution in [0.15, 0.2) is 41.0 Å². The van der Waals surface area contributed by atoms with Crippen molar-refractivity contribution in [2.24, 2.45) is 5.92 Å². The van der Waals surface area contributed by atoms with E-state index in [1.165, 1.54) is 18.9 Å². The van der Waals surface area contributed by atoms with Gasteiger partial charge in [-0.2, -0.15) is 0 Å². The zero-order valence-corrected chi connectivity index (χ0v) is 14.7. The second kappa shape index (κ2) is 7.75. The van der Waals surface area contributed by atoms with Gasteiger partial charge in [-0.3, -0.25) is 4.79 Å². The lowest BCUT2D eigenvalue weighted by Crippen LogP contribution is -2.24. The van der Waals surface area contributed by atoms with Crippen molar-refractivity contribution in [3.8, 4) is 5.88 Å². The second-order valence-electron chi connectivity index (χ2n) is 5.96. The quantitative estimate of drug-likeness (QED) is 0.782. The number of nitrogens with one attached hydrogen (secondary N) is 1. The predicted octanol–water partition coefficient (Wildman–Crippen LogP) is 3.63. The summed E-state index contributed by atoms with van der Waals surface area (Å²) in [7, 11) is 0. The van der Waals surface area contributed by atoms with Gasteiger partial charge in [-0.25, -0.2) is 9.37 Å². The molecule has 1 aliphatic carbocycles. The largest absolute Gasteiger partial charge is 0.477 e. The lowest BCUT2D eigenvalue weighted by molar-refractivity contribution is -0.120. The van der Waals surface area contributed by atoms with Gasteiger partial charge in [0.15, 0.2) is 0 Å². The molecule has 0 spiro atoms. The van der Waals surface area contributed by atoms with Gasteiger partial charge in [-0.15, -0.1) is 0 Å². The maximum Gasteiger partial charge on any atom is 0.224 e. The summed E-state index contributed by atoms with van der Waals surface area (Å²) in [6.45, 7) is 1.13. The predicted molar refractivity (Wildman–Crippen MR) is 92.1 cm³/mol. The maximum absolute atomic E-state index is 13.2. The van der Waals surface area contributed by atoms with E-state index in [2.05, 4.69) is 26.2 Å². The van der Waals surface area contributed by atoms with Crippen LogP contribution >= 0.6 is 15.9 Å². The number of amides is 1. The molecule has 24 heavy (non-hydrogen) atoms. The third-order valence-corrected chi connectivity index (χ3v) is 4.41. The van der Waals surface area contributed by atoms with Crippen LogP contribution in [0.3, 0.4) is 0 Å². The maximum atomic E-state index is 13.2. The summed E-state index contributed by atoms with van der Waals surface area (Å²) in [4.78, 5) is 16.2. The van der Waals surface area contributed by atoms with Crippen molar-refractivity contribution < 1.29 is 13.9 Å². The number of hydrogen-bond acceptors (Lipinski definition) is 3. The third-order valence-electron chi connectivity index (χ3n) is 3.80. The van der Waals surface area contributed by atoms with Gasteiger partial charge in [-0.1, -0.05) is 12.1 Å². The highest BCUT2D eigenvalue weighted by atomic mass is 79.9. The Kier molecular flexibility index (Phi) is 5.45. The van der Waals surface area contributed by atoms with Crippen LogP contribution in [-0.2, 0) is 17.8 Å². The number of pyridine rings is 1. The van der Waals surface area contributed by atoms with Crippen molar-refractivity contribution >= 4 is 21.8 Å². The van der Waals surface area contributed by atoms with Crippen molar-refractivity contribution in [1.82, 2.24) is 10.3 Å². The number of halogens is 2. The molecule has 0 unspecified atom stereocenters. The summed E-state index contributed by atoms with van der Waals surface area (Å²) >= 11 is 3.12. The summed E-state index contributed by atoms with van der Waals surface area (Å²) in [5, 5.41) is 2.83. The molecule has 1 aliphatic rings. The first kappa shape index (κ1) is 16.9. The minimum Gasteiger partial charge on any atom is -0.477 e. The Hall–Kier alpha value is -1.95. The first-order valence-corrected chi connectivity index (χ1v) is 8.68. The van der Waals surface area contributed by atoms with Gasteiger partial charge in [0.2, 0.25) is 11.8 Å². The van der Waals surface area contributed by atoms with Gasteiger partial charge >= 0.3 is 0 Å². The van der Waals surface area contributed by atoms with E-state index in [9.17, 15) is 9.18 Å². The molecule has 1 heterocycles. The SMILES string of the molecule is O=C(Cc1ccc(F)c(Br)c1)NCc1ccc(OCC2CC2)nc1. The Morgan fingerprint density at radius 2 is 2.08 bits per heavy atom. The first-order chi connectivity index (χ1) is 11.6. The number of carbonyl (C=O) groups is 1. The van der Waals surface area contributed by atoms with Crippen LogP contribution in [0.4, 0.5) is 4.39 Å². The fourth-order valence-electron chi connectivity index (χ4n) is 2.19. The Labute approximate surface area is 148 Å². The van der Waals surface area contributed by atoms with E-state index in [4.69, 9.17) is 4.74 Å². The smallest absolute Gasteiger partial charge is 0.224 e. The molecule has 3 rings (SSSR count). The summed E-state index contributed by atoms with van der Waals surface area (Å²) in [5.41, 5.74) is 1.66. The molecule has 0 saturated heterocycles. The molecule has 1 saturated carbocycles. The monoisotopic (exact) mass is 392 g/mol. The third kappa shape index (κ3) is 5.03. The van der Waals surface area contributed by atoms with Crippen LogP contribution in [-0.4, -0.2) is 17.5 Å². The number of hydrogen-bond donors (Lipinski definition) is 1. The van der Waals surface area contributed by atoms with Crippen molar-refractivity contribution in [3.63, 3.8) is 0 Å². The molecule has 1 amide bonds. The van der Waals surface area contributed by atoms with E-state index in [1.807, 2.05) is 12.1 Å². The van der Waals surface area contributed by atoms with Crippen LogP contribution in [0.25, 0.3) is 0 Å².